The van der Waals surface area contributed by atoms with Crippen LogP contribution in [-0.4, -0.2) is 23.4 Å². The summed E-state index contributed by atoms with van der Waals surface area (Å²) in [6, 6.07) is 8.75. The molecular weight excluding hydrogens is 248 g/mol. The van der Waals surface area contributed by atoms with Crippen molar-refractivity contribution in [2.75, 3.05) is 18.5 Å². The molecule has 0 fully saturated rings. The minimum absolute atomic E-state index is 0.868. The average Bonchev–Trinajstić information content (AvgIpc) is 2.73. The number of aromatic nitrogens is 2. The quantitative estimate of drug-likeness (QED) is 0.926. The van der Waals surface area contributed by atoms with Crippen LogP contribution in [0.2, 0.25) is 0 Å². The van der Waals surface area contributed by atoms with E-state index in [1.165, 1.54) is 22.5 Å². The average molecular weight is 270 g/mol. The zero-order valence-corrected chi connectivity index (χ0v) is 12.5. The van der Waals surface area contributed by atoms with Crippen molar-refractivity contribution in [2.45, 2.75) is 26.4 Å². The molecule has 20 heavy (non-hydrogen) atoms. The van der Waals surface area contributed by atoms with Crippen LogP contribution in [0.3, 0.4) is 0 Å². The van der Waals surface area contributed by atoms with Crippen LogP contribution in [0.1, 0.15) is 22.4 Å². The normalized spacial score (nSPS) is 14.4. The summed E-state index contributed by atoms with van der Waals surface area (Å²) in [5, 5.41) is 7.85. The highest BCUT2D eigenvalue weighted by atomic mass is 15.4. The molecule has 2 aromatic rings. The summed E-state index contributed by atoms with van der Waals surface area (Å²) in [4.78, 5) is 2.45. The Hall–Kier alpha value is -1.81. The predicted molar refractivity (Wildman–Crippen MR) is 81.9 cm³/mol. The number of anilines is 1. The van der Waals surface area contributed by atoms with Gasteiger partial charge in [0.2, 0.25) is 0 Å². The summed E-state index contributed by atoms with van der Waals surface area (Å²) < 4.78 is 2.02. The van der Waals surface area contributed by atoms with Crippen LogP contribution in [0.5, 0.6) is 0 Å². The summed E-state index contributed by atoms with van der Waals surface area (Å²) in [6.45, 7) is 5.00. The van der Waals surface area contributed by atoms with Crippen molar-refractivity contribution >= 4 is 5.82 Å². The van der Waals surface area contributed by atoms with Crippen LogP contribution >= 0.6 is 0 Å². The highest BCUT2D eigenvalue weighted by molar-refractivity contribution is 5.52. The van der Waals surface area contributed by atoms with Crippen LogP contribution in [0.4, 0.5) is 5.82 Å². The number of hydrogen-bond acceptors (Lipinski definition) is 3. The summed E-state index contributed by atoms with van der Waals surface area (Å²) in [6.07, 6.45) is 1.11. The van der Waals surface area contributed by atoms with Crippen molar-refractivity contribution < 1.29 is 0 Å². The van der Waals surface area contributed by atoms with E-state index in [1.54, 1.807) is 0 Å². The maximum atomic E-state index is 4.60. The number of benzene rings is 1. The lowest BCUT2D eigenvalue weighted by atomic mass is 9.99. The van der Waals surface area contributed by atoms with Gasteiger partial charge in [0.1, 0.15) is 5.82 Å². The molecule has 0 unspecified atom stereocenters. The molecule has 1 N–H and O–H groups in total. The van der Waals surface area contributed by atoms with Gasteiger partial charge in [-0.3, -0.25) is 4.68 Å². The Kier molecular flexibility index (Phi) is 3.49. The van der Waals surface area contributed by atoms with Gasteiger partial charge >= 0.3 is 0 Å². The van der Waals surface area contributed by atoms with Crippen LogP contribution in [0, 0.1) is 6.92 Å². The molecule has 1 aliphatic rings. The lowest BCUT2D eigenvalue weighted by Gasteiger charge is -2.31. The second-order valence-electron chi connectivity index (χ2n) is 5.48. The van der Waals surface area contributed by atoms with Crippen LogP contribution < -0.4 is 10.2 Å². The number of nitrogens with one attached hydrogen (secondary N) is 1. The van der Waals surface area contributed by atoms with Crippen molar-refractivity contribution in [3.63, 3.8) is 0 Å². The first kappa shape index (κ1) is 13.2. The Morgan fingerprint density at radius 2 is 2.00 bits per heavy atom. The molecule has 0 saturated heterocycles. The number of aryl methyl sites for hydroxylation is 2. The lowest BCUT2D eigenvalue weighted by molar-refractivity contribution is 0.663. The predicted octanol–water partition coefficient (Wildman–Crippen LogP) is 2.01. The molecule has 0 radical (unpaired) electrons. The van der Waals surface area contributed by atoms with Crippen molar-refractivity contribution in [1.29, 1.82) is 0 Å². The van der Waals surface area contributed by atoms with Crippen molar-refractivity contribution in [1.82, 2.24) is 15.1 Å². The zero-order chi connectivity index (χ0) is 14.1. The maximum Gasteiger partial charge on any atom is 0.131 e. The van der Waals surface area contributed by atoms with E-state index in [1.807, 2.05) is 18.8 Å². The van der Waals surface area contributed by atoms with Crippen LogP contribution in [0.15, 0.2) is 24.3 Å². The van der Waals surface area contributed by atoms with E-state index < -0.39 is 0 Å². The van der Waals surface area contributed by atoms with E-state index >= 15 is 0 Å². The SMILES string of the molecule is CNCc1c(C)nn(C)c1N1CCc2ccccc2C1. The fraction of sp³-hybridized carbons (Fsp3) is 0.438. The van der Waals surface area contributed by atoms with E-state index in [9.17, 15) is 0 Å². The molecule has 1 aromatic carbocycles. The first-order valence-electron chi connectivity index (χ1n) is 7.19. The molecule has 0 atom stereocenters. The van der Waals surface area contributed by atoms with Gasteiger partial charge in [0.25, 0.3) is 0 Å². The van der Waals surface area contributed by atoms with E-state index in [4.69, 9.17) is 0 Å². The molecule has 0 amide bonds. The first-order chi connectivity index (χ1) is 9.70. The molecule has 4 nitrogen and oxygen atoms in total. The molecule has 2 heterocycles. The van der Waals surface area contributed by atoms with Gasteiger partial charge in [-0.1, -0.05) is 24.3 Å². The Morgan fingerprint density at radius 1 is 1.25 bits per heavy atom. The van der Waals surface area contributed by atoms with Gasteiger partial charge in [-0.05, 0) is 31.5 Å². The molecule has 0 bridgehead atoms. The van der Waals surface area contributed by atoms with Gasteiger partial charge in [-0.15, -0.1) is 0 Å². The Bertz CT molecular complexity index is 615. The summed E-state index contributed by atoms with van der Waals surface area (Å²) in [7, 11) is 4.03. The molecule has 0 saturated carbocycles. The molecule has 1 aliphatic heterocycles. The summed E-state index contributed by atoms with van der Waals surface area (Å²) in [5.74, 6) is 1.26. The molecule has 1 aromatic heterocycles. The fourth-order valence-electron chi connectivity index (χ4n) is 3.15. The number of nitrogens with zero attached hydrogens (tertiary/aromatic N) is 3. The van der Waals surface area contributed by atoms with Crippen LogP contribution in [0.25, 0.3) is 0 Å². The molecule has 0 aliphatic carbocycles. The molecular formula is C16H22N4. The third-order valence-electron chi connectivity index (χ3n) is 4.10. The Morgan fingerprint density at radius 3 is 2.75 bits per heavy atom. The molecule has 0 spiro atoms. The van der Waals surface area contributed by atoms with Crippen molar-refractivity contribution in [3.05, 3.63) is 46.6 Å². The van der Waals surface area contributed by atoms with E-state index in [0.29, 0.717) is 0 Å². The van der Waals surface area contributed by atoms with E-state index in [2.05, 4.69) is 46.5 Å². The largest absolute Gasteiger partial charge is 0.352 e. The third-order valence-corrected chi connectivity index (χ3v) is 4.10. The van der Waals surface area contributed by atoms with Gasteiger partial charge in [0.15, 0.2) is 0 Å². The lowest BCUT2D eigenvalue weighted by Crippen LogP contribution is -2.32. The Balaban J connectivity index is 1.95. The van der Waals surface area contributed by atoms with Crippen LogP contribution in [-0.2, 0) is 26.6 Å². The molecule has 4 heteroatoms. The topological polar surface area (TPSA) is 33.1 Å². The van der Waals surface area contributed by atoms with E-state index in [-0.39, 0.29) is 0 Å². The monoisotopic (exact) mass is 270 g/mol. The minimum Gasteiger partial charge on any atom is -0.352 e. The maximum absolute atomic E-state index is 4.60. The second-order valence-corrected chi connectivity index (χ2v) is 5.48. The number of hydrogen-bond donors (Lipinski definition) is 1. The molecule has 106 valence electrons. The smallest absolute Gasteiger partial charge is 0.131 e. The minimum atomic E-state index is 0.868. The highest BCUT2D eigenvalue weighted by Gasteiger charge is 2.22. The van der Waals surface area contributed by atoms with Gasteiger partial charge in [-0.2, -0.15) is 5.10 Å². The van der Waals surface area contributed by atoms with Gasteiger partial charge in [0.05, 0.1) is 5.69 Å². The fourth-order valence-corrected chi connectivity index (χ4v) is 3.15. The van der Waals surface area contributed by atoms with Crippen molar-refractivity contribution in [3.8, 4) is 0 Å². The first-order valence-corrected chi connectivity index (χ1v) is 7.19. The third kappa shape index (κ3) is 2.20. The second kappa shape index (κ2) is 5.29. The summed E-state index contributed by atoms with van der Waals surface area (Å²) >= 11 is 0. The van der Waals surface area contributed by atoms with Gasteiger partial charge in [-0.25, -0.2) is 0 Å². The van der Waals surface area contributed by atoms with E-state index in [0.717, 1.165) is 31.7 Å². The Labute approximate surface area is 120 Å². The summed E-state index contributed by atoms with van der Waals surface area (Å²) in [5.41, 5.74) is 5.36. The number of fused-ring (bicyclic) bond motifs is 1. The zero-order valence-electron chi connectivity index (χ0n) is 12.5. The van der Waals surface area contributed by atoms with Crippen molar-refractivity contribution in [2.24, 2.45) is 7.05 Å². The van der Waals surface area contributed by atoms with Gasteiger partial charge < -0.3 is 10.2 Å². The highest BCUT2D eigenvalue weighted by Crippen LogP contribution is 2.28. The molecule has 3 rings (SSSR count). The number of rotatable bonds is 3. The standard InChI is InChI=1S/C16H22N4/c1-12-15(10-17-2)16(19(3)18-12)20-9-8-13-6-4-5-7-14(13)11-20/h4-7,17H,8-11H2,1-3H3. The van der Waals surface area contributed by atoms with Gasteiger partial charge in [0, 0.05) is 32.2 Å².